The second-order valence-electron chi connectivity index (χ2n) is 4.25. The number of urea groups is 1. The first kappa shape index (κ1) is 11.3. The molecule has 4 heteroatoms. The van der Waals surface area contributed by atoms with Gasteiger partial charge in [-0.15, -0.1) is 0 Å². The van der Waals surface area contributed by atoms with Gasteiger partial charge in [0.2, 0.25) is 0 Å². The van der Waals surface area contributed by atoms with Gasteiger partial charge in [-0.25, -0.2) is 4.79 Å². The van der Waals surface area contributed by atoms with E-state index in [1.54, 1.807) is 11.8 Å². The molecule has 0 bridgehead atoms. The maximum absolute atomic E-state index is 11.5. The van der Waals surface area contributed by atoms with E-state index in [4.69, 9.17) is 0 Å². The maximum atomic E-state index is 11.5. The van der Waals surface area contributed by atoms with Crippen LogP contribution in [0.3, 0.4) is 0 Å². The molecule has 1 unspecified atom stereocenters. The summed E-state index contributed by atoms with van der Waals surface area (Å²) in [5.74, 6) is 0. The third-order valence-corrected chi connectivity index (χ3v) is 2.55. The largest absolute Gasteiger partial charge is 0.388 e. The molecule has 2 amide bonds. The number of carbonyl (C=O) groups excluding carboxylic acids is 1. The lowest BCUT2D eigenvalue weighted by atomic mass is 10.1. The number of likely N-dealkylation sites (tertiary alicyclic amines) is 1. The summed E-state index contributed by atoms with van der Waals surface area (Å²) in [7, 11) is 0. The lowest BCUT2D eigenvalue weighted by Crippen LogP contribution is -2.41. The van der Waals surface area contributed by atoms with E-state index in [1.807, 2.05) is 0 Å². The number of nitrogens with one attached hydrogen (secondary N) is 1. The molecular weight excluding hydrogens is 180 g/mol. The smallest absolute Gasteiger partial charge is 0.317 e. The van der Waals surface area contributed by atoms with Crippen molar-refractivity contribution < 1.29 is 9.90 Å². The van der Waals surface area contributed by atoms with Gasteiger partial charge >= 0.3 is 6.03 Å². The van der Waals surface area contributed by atoms with Gasteiger partial charge in [0, 0.05) is 13.1 Å². The van der Waals surface area contributed by atoms with Crippen molar-refractivity contribution in [3.8, 4) is 0 Å². The third kappa shape index (κ3) is 3.18. The molecule has 4 nitrogen and oxygen atoms in total. The number of rotatable bonds is 3. The minimum Gasteiger partial charge on any atom is -0.388 e. The first-order valence-corrected chi connectivity index (χ1v) is 5.30. The molecule has 0 aliphatic carbocycles. The second kappa shape index (κ2) is 4.64. The van der Waals surface area contributed by atoms with Crippen molar-refractivity contribution in [1.82, 2.24) is 10.2 Å². The van der Waals surface area contributed by atoms with Crippen molar-refractivity contribution in [2.75, 3.05) is 19.6 Å². The standard InChI is InChI=1S/C10H20N2O2/c1-3-4-6-11-9(13)12-7-5-10(2,14)8-12/h14H,3-8H2,1-2H3,(H,11,13). The Morgan fingerprint density at radius 2 is 2.36 bits per heavy atom. The highest BCUT2D eigenvalue weighted by atomic mass is 16.3. The molecule has 1 aliphatic rings. The van der Waals surface area contributed by atoms with Crippen molar-refractivity contribution in [2.24, 2.45) is 0 Å². The van der Waals surface area contributed by atoms with Gasteiger partial charge in [-0.05, 0) is 19.8 Å². The van der Waals surface area contributed by atoms with Crippen LogP contribution in [0, 0.1) is 0 Å². The van der Waals surface area contributed by atoms with Crippen molar-refractivity contribution in [1.29, 1.82) is 0 Å². The molecule has 0 aromatic rings. The van der Waals surface area contributed by atoms with Crippen LogP contribution in [0.25, 0.3) is 0 Å². The zero-order chi connectivity index (χ0) is 10.6. The zero-order valence-corrected chi connectivity index (χ0v) is 9.05. The van der Waals surface area contributed by atoms with Crippen LogP contribution in [0.2, 0.25) is 0 Å². The van der Waals surface area contributed by atoms with E-state index in [9.17, 15) is 9.90 Å². The van der Waals surface area contributed by atoms with Crippen molar-refractivity contribution in [3.63, 3.8) is 0 Å². The molecule has 0 aromatic heterocycles. The number of aliphatic hydroxyl groups is 1. The number of β-amino-alcohol motifs (C(OH)–C–C–N with tert-alkyl or cyclic N) is 1. The predicted molar refractivity (Wildman–Crippen MR) is 55.1 cm³/mol. The van der Waals surface area contributed by atoms with Gasteiger partial charge in [-0.3, -0.25) is 0 Å². The molecule has 0 spiro atoms. The Bertz CT molecular complexity index is 204. The van der Waals surface area contributed by atoms with Gasteiger partial charge in [-0.1, -0.05) is 13.3 Å². The number of nitrogens with zero attached hydrogens (tertiary/aromatic N) is 1. The van der Waals surface area contributed by atoms with Crippen LogP contribution in [0.4, 0.5) is 4.79 Å². The fourth-order valence-corrected chi connectivity index (χ4v) is 1.60. The number of hydrogen-bond acceptors (Lipinski definition) is 2. The summed E-state index contributed by atoms with van der Waals surface area (Å²) in [4.78, 5) is 13.2. The van der Waals surface area contributed by atoms with E-state index in [2.05, 4.69) is 12.2 Å². The third-order valence-electron chi connectivity index (χ3n) is 2.55. The summed E-state index contributed by atoms with van der Waals surface area (Å²) in [5, 5.41) is 12.5. The Balaban J connectivity index is 2.25. The fraction of sp³-hybridized carbons (Fsp3) is 0.900. The van der Waals surface area contributed by atoms with Crippen LogP contribution < -0.4 is 5.32 Å². The second-order valence-corrected chi connectivity index (χ2v) is 4.25. The molecule has 2 N–H and O–H groups in total. The molecule has 1 fully saturated rings. The normalized spacial score (nSPS) is 26.6. The number of unbranched alkanes of at least 4 members (excludes halogenated alkanes) is 1. The minimum atomic E-state index is -0.692. The molecule has 0 saturated carbocycles. The van der Waals surface area contributed by atoms with Crippen LogP contribution in [0.15, 0.2) is 0 Å². The lowest BCUT2D eigenvalue weighted by Gasteiger charge is -2.19. The summed E-state index contributed by atoms with van der Waals surface area (Å²) < 4.78 is 0. The summed E-state index contributed by atoms with van der Waals surface area (Å²) in [6.45, 7) is 5.70. The van der Waals surface area contributed by atoms with Gasteiger partial charge in [0.05, 0.1) is 12.1 Å². The fourth-order valence-electron chi connectivity index (χ4n) is 1.60. The van der Waals surface area contributed by atoms with Gasteiger partial charge < -0.3 is 15.3 Å². The van der Waals surface area contributed by atoms with E-state index in [0.717, 1.165) is 19.4 Å². The van der Waals surface area contributed by atoms with Crippen LogP contribution in [0.1, 0.15) is 33.1 Å². The molecular formula is C10H20N2O2. The molecule has 1 heterocycles. The van der Waals surface area contributed by atoms with Crippen molar-refractivity contribution >= 4 is 6.03 Å². The predicted octanol–water partition coefficient (Wildman–Crippen LogP) is 0.953. The number of carbonyl (C=O) groups is 1. The number of amides is 2. The molecule has 14 heavy (non-hydrogen) atoms. The van der Waals surface area contributed by atoms with E-state index in [1.165, 1.54) is 0 Å². The highest BCUT2D eigenvalue weighted by Crippen LogP contribution is 2.19. The Morgan fingerprint density at radius 3 is 2.86 bits per heavy atom. The zero-order valence-electron chi connectivity index (χ0n) is 9.05. The van der Waals surface area contributed by atoms with E-state index < -0.39 is 5.60 Å². The lowest BCUT2D eigenvalue weighted by molar-refractivity contribution is 0.0719. The highest BCUT2D eigenvalue weighted by Gasteiger charge is 2.33. The summed E-state index contributed by atoms with van der Waals surface area (Å²) in [5.41, 5.74) is -0.692. The molecule has 0 aromatic carbocycles. The molecule has 1 aliphatic heterocycles. The Labute approximate surface area is 85.3 Å². The van der Waals surface area contributed by atoms with Gasteiger partial charge in [-0.2, -0.15) is 0 Å². The van der Waals surface area contributed by atoms with Crippen LogP contribution in [0.5, 0.6) is 0 Å². The molecule has 1 saturated heterocycles. The first-order valence-electron chi connectivity index (χ1n) is 5.30. The van der Waals surface area contributed by atoms with Gasteiger partial charge in [0.25, 0.3) is 0 Å². The van der Waals surface area contributed by atoms with Gasteiger partial charge in [0.15, 0.2) is 0 Å². The van der Waals surface area contributed by atoms with Crippen molar-refractivity contribution in [3.05, 3.63) is 0 Å². The summed E-state index contributed by atoms with van der Waals surface area (Å²) in [6, 6.07) is -0.0452. The van der Waals surface area contributed by atoms with E-state index in [-0.39, 0.29) is 6.03 Å². The monoisotopic (exact) mass is 200 g/mol. The van der Waals surface area contributed by atoms with Gasteiger partial charge in [0.1, 0.15) is 0 Å². The average Bonchev–Trinajstić information content (AvgIpc) is 2.46. The summed E-state index contributed by atoms with van der Waals surface area (Å²) in [6.07, 6.45) is 2.77. The Kier molecular flexibility index (Phi) is 3.75. The van der Waals surface area contributed by atoms with E-state index in [0.29, 0.717) is 19.5 Å². The van der Waals surface area contributed by atoms with Crippen LogP contribution >= 0.6 is 0 Å². The number of hydrogen-bond donors (Lipinski definition) is 2. The Hall–Kier alpha value is -0.770. The highest BCUT2D eigenvalue weighted by molar-refractivity contribution is 5.74. The molecule has 1 rings (SSSR count). The molecule has 0 radical (unpaired) electrons. The maximum Gasteiger partial charge on any atom is 0.317 e. The quantitative estimate of drug-likeness (QED) is 0.666. The topological polar surface area (TPSA) is 52.6 Å². The first-order chi connectivity index (χ1) is 6.55. The minimum absolute atomic E-state index is 0.0452. The molecule has 1 atom stereocenters. The van der Waals surface area contributed by atoms with Crippen LogP contribution in [-0.2, 0) is 0 Å². The van der Waals surface area contributed by atoms with E-state index >= 15 is 0 Å². The average molecular weight is 200 g/mol. The van der Waals surface area contributed by atoms with Crippen molar-refractivity contribution in [2.45, 2.75) is 38.7 Å². The van der Waals surface area contributed by atoms with Crippen LogP contribution in [-0.4, -0.2) is 41.3 Å². The Morgan fingerprint density at radius 1 is 1.64 bits per heavy atom. The summed E-state index contributed by atoms with van der Waals surface area (Å²) >= 11 is 0. The SMILES string of the molecule is CCCCNC(=O)N1CCC(C)(O)C1. The molecule has 82 valence electrons.